The predicted octanol–water partition coefficient (Wildman–Crippen LogP) is 2.33. The van der Waals surface area contributed by atoms with Crippen LogP contribution in [0.15, 0.2) is 72.9 Å². The number of ketones is 1. The summed E-state index contributed by atoms with van der Waals surface area (Å²) in [6.45, 7) is -0.705. The molecule has 4 atom stereocenters. The van der Waals surface area contributed by atoms with E-state index in [1.165, 1.54) is 55.1 Å². The number of aromatic hydroxyl groups is 1. The molecule has 2 amide bonds. The van der Waals surface area contributed by atoms with Crippen molar-refractivity contribution in [2.75, 3.05) is 30.7 Å². The zero-order chi connectivity index (χ0) is 36.7. The first-order valence-electron chi connectivity index (χ1n) is 15.8. The largest absolute Gasteiger partial charge is 0.508 e. The van der Waals surface area contributed by atoms with Crippen molar-refractivity contribution in [2.45, 2.75) is 24.9 Å². The number of anilines is 2. The number of hydrogen-bond donors (Lipinski definition) is 8. The van der Waals surface area contributed by atoms with Crippen molar-refractivity contribution in [1.82, 2.24) is 29.9 Å². The number of aliphatic hydroxyl groups is 1. The van der Waals surface area contributed by atoms with E-state index < -0.39 is 44.8 Å². The topological polar surface area (TPSA) is 273 Å². The minimum atomic E-state index is -4.38. The fraction of sp³-hybridized carbons (Fsp3) is 0.212. The summed E-state index contributed by atoms with van der Waals surface area (Å²) in [6.07, 6.45) is 4.60. The molecular weight excluding hydrogens is 699 g/mol. The number of phenolic OH excluding ortho intramolecular Hbond substituents is 1. The Morgan fingerprint density at radius 2 is 1.90 bits per heavy atom. The van der Waals surface area contributed by atoms with E-state index in [-0.39, 0.29) is 53.7 Å². The minimum absolute atomic E-state index is 0.0236. The number of fused-ring (bicyclic) bond motifs is 4. The number of nitrogen functional groups attached to an aromatic ring is 1. The zero-order valence-corrected chi connectivity index (χ0v) is 27.9. The highest BCUT2D eigenvalue weighted by Gasteiger charge is 2.38. The Morgan fingerprint density at radius 3 is 2.71 bits per heavy atom. The van der Waals surface area contributed by atoms with Crippen LogP contribution in [0.25, 0.3) is 22.3 Å². The van der Waals surface area contributed by atoms with Crippen molar-refractivity contribution in [3.05, 3.63) is 95.1 Å². The molecule has 2 aliphatic carbocycles. The van der Waals surface area contributed by atoms with Gasteiger partial charge in [0.1, 0.15) is 29.9 Å². The molecule has 1 aliphatic heterocycles. The maximum atomic E-state index is 12.8. The molecule has 52 heavy (non-hydrogen) atoms. The number of imidazole rings is 1. The van der Waals surface area contributed by atoms with Crippen LogP contribution in [-0.4, -0.2) is 89.4 Å². The summed E-state index contributed by atoms with van der Waals surface area (Å²) in [5, 5.41) is 38.1. The molecule has 0 saturated carbocycles. The molecule has 7 rings (SSSR count). The number of carboxylic acids is 1. The second kappa shape index (κ2) is 13.8. The molecule has 0 spiro atoms. The Morgan fingerprint density at radius 1 is 1.08 bits per heavy atom. The number of hydrogen-bond acceptors (Lipinski definition) is 12. The number of carboxylic acid groups (broad SMARTS) is 1. The van der Waals surface area contributed by atoms with E-state index in [9.17, 15) is 39.2 Å². The number of aliphatic hydroxyl groups excluding tert-OH is 1. The van der Waals surface area contributed by atoms with Crippen LogP contribution in [0, 0.1) is 0 Å². The first-order chi connectivity index (χ1) is 24.9. The number of ether oxygens (including phenoxy) is 1. The number of amides is 2. The lowest BCUT2D eigenvalue weighted by molar-refractivity contribution is -0.110. The Bertz CT molecular complexity index is 2290. The second-order valence-corrected chi connectivity index (χ2v) is 13.6. The minimum Gasteiger partial charge on any atom is -0.508 e. The van der Waals surface area contributed by atoms with Crippen LogP contribution >= 0.6 is 7.75 Å². The monoisotopic (exact) mass is 730 g/mol. The number of benzene rings is 2. The fourth-order valence-corrected chi connectivity index (χ4v) is 7.11. The molecule has 19 heteroatoms. The third kappa shape index (κ3) is 6.81. The van der Waals surface area contributed by atoms with Gasteiger partial charge >= 0.3 is 19.7 Å². The molecule has 4 aromatic rings. The lowest BCUT2D eigenvalue weighted by Crippen LogP contribution is -2.34. The number of nitrogens with two attached hydrogens (primary N) is 1. The first kappa shape index (κ1) is 34.7. The second-order valence-electron chi connectivity index (χ2n) is 12.0. The number of aromatic nitrogens is 4. The van der Waals surface area contributed by atoms with Crippen molar-refractivity contribution in [2.24, 2.45) is 0 Å². The van der Waals surface area contributed by atoms with Crippen molar-refractivity contribution in [1.29, 1.82) is 0 Å². The molecule has 0 radical (unpaired) electrons. The predicted molar refractivity (Wildman–Crippen MR) is 185 cm³/mol. The van der Waals surface area contributed by atoms with Crippen LogP contribution in [0.1, 0.15) is 39.7 Å². The summed E-state index contributed by atoms with van der Waals surface area (Å²) in [4.78, 5) is 59.7. The quantitative estimate of drug-likeness (QED) is 0.0812. The van der Waals surface area contributed by atoms with Gasteiger partial charge in [-0.05, 0) is 82.0 Å². The highest BCUT2D eigenvalue weighted by Crippen LogP contribution is 2.48. The Labute approximate surface area is 293 Å². The summed E-state index contributed by atoms with van der Waals surface area (Å²) >= 11 is 0. The van der Waals surface area contributed by atoms with Gasteiger partial charge in [-0.1, -0.05) is 6.07 Å². The molecule has 1 saturated heterocycles. The third-order valence-corrected chi connectivity index (χ3v) is 9.76. The summed E-state index contributed by atoms with van der Waals surface area (Å²) in [5.74, 6) is -1.30. The molecule has 3 aliphatic rings. The van der Waals surface area contributed by atoms with Gasteiger partial charge < -0.3 is 41.3 Å². The van der Waals surface area contributed by atoms with Gasteiger partial charge in [-0.15, -0.1) is 0 Å². The van der Waals surface area contributed by atoms with Gasteiger partial charge in [0.25, 0.3) is 0 Å². The number of carbonyl (C=O) groups excluding carboxylic acids is 2. The van der Waals surface area contributed by atoms with E-state index in [0.29, 0.717) is 39.0 Å². The molecule has 2 aromatic carbocycles. The highest BCUT2D eigenvalue weighted by atomic mass is 31.2. The van der Waals surface area contributed by atoms with Gasteiger partial charge in [-0.25, -0.2) is 34.2 Å². The standard InChI is InChI=1S/C33H31N8O10P/c34-30-29-31(37-14-36-30)41(15-38-29)27-12-25(44)26(51-27)13-50-52(48,49)39-8-7-35-33(47)40-16-1-4-21(32(45)46)24(9-16)28-19-5-2-17(42)10-22(19)23-11-18(43)3-6-20(23)28/h1-6,9-11,14-15,25-27,42,44H,7-8,12-13H2,(H,45,46)(H2,34,36,37)(H2,35,40,47)(H2,39,48,49)/t25-,26+,27+/m0/s1. The van der Waals surface area contributed by atoms with Crippen molar-refractivity contribution in [3.8, 4) is 5.75 Å². The van der Waals surface area contributed by atoms with E-state index >= 15 is 0 Å². The van der Waals surface area contributed by atoms with Crippen molar-refractivity contribution >= 4 is 59.3 Å². The van der Waals surface area contributed by atoms with E-state index in [1.807, 2.05) is 0 Å². The van der Waals surface area contributed by atoms with E-state index in [4.69, 9.17) is 15.0 Å². The number of aromatic carboxylic acids is 1. The first-order valence-corrected chi connectivity index (χ1v) is 17.4. The maximum absolute atomic E-state index is 12.8. The number of rotatable bonds is 11. The van der Waals surface area contributed by atoms with Gasteiger partial charge in [0, 0.05) is 25.2 Å². The van der Waals surface area contributed by atoms with E-state index in [0.717, 1.165) is 0 Å². The number of nitrogens with one attached hydrogen (secondary N) is 3. The smallest absolute Gasteiger partial charge is 0.403 e. The molecule has 1 fully saturated rings. The summed E-state index contributed by atoms with van der Waals surface area (Å²) in [7, 11) is -4.38. The number of phenols is 1. The van der Waals surface area contributed by atoms with Crippen LogP contribution in [0.5, 0.6) is 5.75 Å². The molecular formula is C33H31N8O10P. The SMILES string of the molecule is Nc1ncnc2c1ncn2[C@H]1C[C@H](O)[C@@H](COP(=O)(O)NCCNC(=O)Nc2ccc(C(=O)O)c(C3=C4C=CC(=O)C=C4c4cc(O)ccc43)c2)O1. The summed E-state index contributed by atoms with van der Waals surface area (Å²) in [5.41, 5.74) is 9.88. The number of nitrogens with zero attached hydrogens (tertiary/aromatic N) is 4. The van der Waals surface area contributed by atoms with Gasteiger partial charge in [-0.3, -0.25) is 13.9 Å². The highest BCUT2D eigenvalue weighted by molar-refractivity contribution is 7.50. The molecule has 268 valence electrons. The average Bonchev–Trinajstić information content (AvgIpc) is 3.79. The summed E-state index contributed by atoms with van der Waals surface area (Å²) < 4.78 is 25.2. The Balaban J connectivity index is 0.945. The lowest BCUT2D eigenvalue weighted by Gasteiger charge is -2.19. The molecule has 3 heterocycles. The summed E-state index contributed by atoms with van der Waals surface area (Å²) in [6, 6.07) is 8.16. The Hall–Kier alpha value is -5.75. The van der Waals surface area contributed by atoms with Gasteiger partial charge in [-0.2, -0.15) is 0 Å². The maximum Gasteiger partial charge on any atom is 0.403 e. The van der Waals surface area contributed by atoms with Crippen LogP contribution < -0.4 is 21.5 Å². The number of allylic oxidation sites excluding steroid dienone is 5. The molecule has 9 N–H and O–H groups in total. The van der Waals surface area contributed by atoms with Crippen molar-refractivity contribution in [3.63, 3.8) is 0 Å². The fourth-order valence-electron chi connectivity index (χ4n) is 6.27. The normalized spacial score (nSPS) is 20.4. The van der Waals surface area contributed by atoms with Gasteiger partial charge in [0.15, 0.2) is 17.2 Å². The van der Waals surface area contributed by atoms with Crippen LogP contribution in [-0.2, 0) is 18.6 Å². The zero-order valence-electron chi connectivity index (χ0n) is 27.0. The van der Waals surface area contributed by atoms with Crippen molar-refractivity contribution < 1.29 is 48.4 Å². The lowest BCUT2D eigenvalue weighted by atomic mass is 9.91. The van der Waals surface area contributed by atoms with E-state index in [2.05, 4.69) is 30.7 Å². The average molecular weight is 731 g/mol. The number of carbonyl (C=O) groups is 3. The van der Waals surface area contributed by atoms with Crippen LogP contribution in [0.2, 0.25) is 0 Å². The van der Waals surface area contributed by atoms with E-state index in [1.54, 1.807) is 16.7 Å². The van der Waals surface area contributed by atoms with Gasteiger partial charge in [0.2, 0.25) is 0 Å². The molecule has 1 unspecified atom stereocenters. The molecule has 2 aromatic heterocycles. The molecule has 0 bridgehead atoms. The van der Waals surface area contributed by atoms with Crippen LogP contribution in [0.3, 0.4) is 0 Å². The van der Waals surface area contributed by atoms with Crippen LogP contribution in [0.4, 0.5) is 16.3 Å². The number of urea groups is 1. The third-order valence-electron chi connectivity index (χ3n) is 8.64. The van der Waals surface area contributed by atoms with Gasteiger partial charge in [0.05, 0.1) is 24.6 Å². The Kier molecular flexibility index (Phi) is 9.18. The molecule has 18 nitrogen and oxygen atoms in total.